The van der Waals surface area contributed by atoms with Crippen molar-refractivity contribution in [2.45, 2.75) is 25.4 Å². The summed E-state index contributed by atoms with van der Waals surface area (Å²) >= 11 is 0. The van der Waals surface area contributed by atoms with Gasteiger partial charge >= 0.3 is 0 Å². The molecule has 0 spiro atoms. The Morgan fingerprint density at radius 1 is 1.11 bits per heavy atom. The van der Waals surface area contributed by atoms with Crippen LogP contribution in [0.25, 0.3) is 10.8 Å². The lowest BCUT2D eigenvalue weighted by atomic mass is 9.84. The number of hydrogen-bond donors (Lipinski definition) is 2. The molecule has 0 aliphatic carbocycles. The number of aryl methyl sites for hydroxylation is 1. The van der Waals surface area contributed by atoms with Gasteiger partial charge in [-0.1, -0.05) is 35.9 Å². The van der Waals surface area contributed by atoms with E-state index < -0.39 is 11.5 Å². The van der Waals surface area contributed by atoms with Gasteiger partial charge in [0.05, 0.1) is 17.5 Å². The zero-order valence-electron chi connectivity index (χ0n) is 15.4. The SMILES string of the molecule is Cc1ccc(C2(O)CCN(c3cncc4ccc(C(N)=O)cc34)CC2)cc1. The lowest BCUT2D eigenvalue weighted by molar-refractivity contribution is 0.0118. The first-order valence-corrected chi connectivity index (χ1v) is 9.18. The molecule has 0 unspecified atom stereocenters. The fraction of sp³-hybridized carbons (Fsp3) is 0.273. The number of hydrogen-bond acceptors (Lipinski definition) is 4. The molecule has 27 heavy (non-hydrogen) atoms. The monoisotopic (exact) mass is 361 g/mol. The number of pyridine rings is 1. The van der Waals surface area contributed by atoms with Crippen LogP contribution in [0.1, 0.15) is 34.3 Å². The normalized spacial score (nSPS) is 16.4. The topological polar surface area (TPSA) is 79.4 Å². The van der Waals surface area contributed by atoms with Crippen molar-refractivity contribution in [2.24, 2.45) is 5.73 Å². The number of fused-ring (bicyclic) bond motifs is 1. The van der Waals surface area contributed by atoms with Gasteiger partial charge in [0.15, 0.2) is 0 Å². The van der Waals surface area contributed by atoms with Crippen LogP contribution in [0.5, 0.6) is 0 Å². The average Bonchev–Trinajstić information content (AvgIpc) is 2.68. The molecule has 3 N–H and O–H groups in total. The van der Waals surface area contributed by atoms with Gasteiger partial charge in [0.25, 0.3) is 0 Å². The van der Waals surface area contributed by atoms with E-state index >= 15 is 0 Å². The second-order valence-corrected chi connectivity index (χ2v) is 7.34. The zero-order valence-corrected chi connectivity index (χ0v) is 15.4. The maximum Gasteiger partial charge on any atom is 0.248 e. The number of aliphatic hydroxyl groups is 1. The fourth-order valence-electron chi connectivity index (χ4n) is 3.82. The third-order valence-corrected chi connectivity index (χ3v) is 5.54. The highest BCUT2D eigenvalue weighted by molar-refractivity contribution is 6.01. The Morgan fingerprint density at radius 3 is 2.48 bits per heavy atom. The van der Waals surface area contributed by atoms with Gasteiger partial charge in [-0.3, -0.25) is 9.78 Å². The minimum Gasteiger partial charge on any atom is -0.385 e. The number of primary amides is 1. The van der Waals surface area contributed by atoms with Gasteiger partial charge in [0.2, 0.25) is 5.91 Å². The minimum absolute atomic E-state index is 0.438. The smallest absolute Gasteiger partial charge is 0.248 e. The molecule has 1 aliphatic rings. The highest BCUT2D eigenvalue weighted by Gasteiger charge is 2.34. The van der Waals surface area contributed by atoms with Crippen LogP contribution in [0, 0.1) is 6.92 Å². The van der Waals surface area contributed by atoms with Crippen molar-refractivity contribution in [1.82, 2.24) is 4.98 Å². The Labute approximate surface area is 158 Å². The number of rotatable bonds is 3. The zero-order chi connectivity index (χ0) is 19.0. The number of benzene rings is 2. The fourth-order valence-corrected chi connectivity index (χ4v) is 3.82. The van der Waals surface area contributed by atoms with Crippen LogP contribution in [0.4, 0.5) is 5.69 Å². The lowest BCUT2D eigenvalue weighted by Gasteiger charge is -2.40. The summed E-state index contributed by atoms with van der Waals surface area (Å²) in [6.45, 7) is 3.47. The molecule has 138 valence electrons. The molecule has 3 aromatic rings. The Hall–Kier alpha value is -2.92. The number of nitrogens with zero attached hydrogens (tertiary/aromatic N) is 2. The predicted octanol–water partition coefficient (Wildman–Crippen LogP) is 3.13. The first-order valence-electron chi connectivity index (χ1n) is 9.18. The molecule has 5 nitrogen and oxygen atoms in total. The summed E-state index contributed by atoms with van der Waals surface area (Å²) in [7, 11) is 0. The number of anilines is 1. The highest BCUT2D eigenvalue weighted by atomic mass is 16.3. The Bertz CT molecular complexity index is 990. The first-order chi connectivity index (χ1) is 13.0. The molecule has 5 heteroatoms. The van der Waals surface area contributed by atoms with E-state index in [4.69, 9.17) is 5.73 Å². The van der Waals surface area contributed by atoms with E-state index in [0.717, 1.165) is 22.0 Å². The quantitative estimate of drug-likeness (QED) is 0.751. The third-order valence-electron chi connectivity index (χ3n) is 5.54. The summed E-state index contributed by atoms with van der Waals surface area (Å²) in [5.74, 6) is -0.438. The van der Waals surface area contributed by atoms with Crippen molar-refractivity contribution >= 4 is 22.4 Å². The number of amides is 1. The summed E-state index contributed by atoms with van der Waals surface area (Å²) in [5, 5.41) is 13.1. The second kappa shape index (κ2) is 6.67. The Balaban J connectivity index is 1.62. The maximum absolute atomic E-state index is 11.6. The van der Waals surface area contributed by atoms with Crippen LogP contribution < -0.4 is 10.6 Å². The molecule has 1 aromatic heterocycles. The van der Waals surface area contributed by atoms with E-state index in [1.54, 1.807) is 12.3 Å². The summed E-state index contributed by atoms with van der Waals surface area (Å²) < 4.78 is 0. The summed E-state index contributed by atoms with van der Waals surface area (Å²) in [6.07, 6.45) is 4.89. The van der Waals surface area contributed by atoms with Gasteiger partial charge in [0, 0.05) is 35.6 Å². The molecule has 4 rings (SSSR count). The van der Waals surface area contributed by atoms with E-state index in [1.807, 2.05) is 49.5 Å². The summed E-state index contributed by atoms with van der Waals surface area (Å²) in [5.41, 5.74) is 8.26. The number of carbonyl (C=O) groups excluding carboxylic acids is 1. The standard InChI is InChI=1S/C22H23N3O2/c1-15-2-6-18(7-3-15)22(27)8-10-25(11-9-22)20-14-24-13-17-5-4-16(21(23)26)12-19(17)20/h2-7,12-14,27H,8-11H2,1H3,(H2,23,26). The number of aromatic nitrogens is 1. The molecule has 1 fully saturated rings. The number of carbonyl (C=O) groups is 1. The van der Waals surface area contributed by atoms with E-state index in [1.165, 1.54) is 5.56 Å². The molecule has 1 saturated heterocycles. The van der Waals surface area contributed by atoms with Crippen molar-refractivity contribution < 1.29 is 9.90 Å². The molecule has 0 atom stereocenters. The molecule has 0 bridgehead atoms. The van der Waals surface area contributed by atoms with E-state index in [9.17, 15) is 9.90 Å². The molecule has 1 aliphatic heterocycles. The van der Waals surface area contributed by atoms with Crippen molar-refractivity contribution in [3.05, 3.63) is 71.5 Å². The summed E-state index contributed by atoms with van der Waals surface area (Å²) in [6, 6.07) is 13.5. The van der Waals surface area contributed by atoms with Crippen LogP contribution >= 0.6 is 0 Å². The van der Waals surface area contributed by atoms with Crippen molar-refractivity contribution in [3.63, 3.8) is 0 Å². The van der Waals surface area contributed by atoms with Crippen LogP contribution in [0.2, 0.25) is 0 Å². The van der Waals surface area contributed by atoms with Crippen LogP contribution in [-0.2, 0) is 5.60 Å². The van der Waals surface area contributed by atoms with Crippen molar-refractivity contribution in [3.8, 4) is 0 Å². The number of piperidine rings is 1. The van der Waals surface area contributed by atoms with E-state index in [0.29, 0.717) is 31.5 Å². The van der Waals surface area contributed by atoms with Crippen LogP contribution in [0.3, 0.4) is 0 Å². The van der Waals surface area contributed by atoms with Crippen LogP contribution in [0.15, 0.2) is 54.9 Å². The van der Waals surface area contributed by atoms with Gasteiger partial charge in [-0.05, 0) is 37.5 Å². The Morgan fingerprint density at radius 2 is 1.81 bits per heavy atom. The van der Waals surface area contributed by atoms with Gasteiger partial charge < -0.3 is 15.7 Å². The van der Waals surface area contributed by atoms with Gasteiger partial charge in [0.1, 0.15) is 0 Å². The summed E-state index contributed by atoms with van der Waals surface area (Å²) in [4.78, 5) is 18.1. The largest absolute Gasteiger partial charge is 0.385 e. The van der Waals surface area contributed by atoms with Crippen LogP contribution in [-0.4, -0.2) is 29.1 Å². The van der Waals surface area contributed by atoms with Gasteiger partial charge in [-0.2, -0.15) is 0 Å². The lowest BCUT2D eigenvalue weighted by Crippen LogP contribution is -2.42. The molecular formula is C22H23N3O2. The van der Waals surface area contributed by atoms with E-state index in [2.05, 4.69) is 9.88 Å². The van der Waals surface area contributed by atoms with Gasteiger partial charge in [-0.15, -0.1) is 0 Å². The molecule has 2 heterocycles. The number of nitrogens with two attached hydrogens (primary N) is 1. The molecule has 1 amide bonds. The predicted molar refractivity (Wildman–Crippen MR) is 107 cm³/mol. The van der Waals surface area contributed by atoms with E-state index in [-0.39, 0.29) is 0 Å². The van der Waals surface area contributed by atoms with Gasteiger partial charge in [-0.25, -0.2) is 0 Å². The maximum atomic E-state index is 11.6. The molecule has 2 aromatic carbocycles. The second-order valence-electron chi connectivity index (χ2n) is 7.34. The average molecular weight is 361 g/mol. The third kappa shape index (κ3) is 3.26. The highest BCUT2D eigenvalue weighted by Crippen LogP contribution is 2.36. The molecule has 0 radical (unpaired) electrons. The van der Waals surface area contributed by atoms with Crippen molar-refractivity contribution in [1.29, 1.82) is 0 Å². The van der Waals surface area contributed by atoms with Crippen molar-refractivity contribution in [2.75, 3.05) is 18.0 Å². The molecular weight excluding hydrogens is 338 g/mol. The minimum atomic E-state index is -0.805. The Kier molecular flexibility index (Phi) is 4.32. The first kappa shape index (κ1) is 17.5. The molecule has 0 saturated carbocycles.